The van der Waals surface area contributed by atoms with Crippen molar-refractivity contribution >= 4 is 18.0 Å². The number of rotatable bonds is 7. The summed E-state index contributed by atoms with van der Waals surface area (Å²) >= 11 is 0. The SMILES string of the molecule is CNC(=O)CCc1cccc(NC=O)c1.Cc1cnc(OCC(F)(F)F)cn1. The highest BCUT2D eigenvalue weighted by atomic mass is 19.4. The molecular formula is C18H21F3N4O3. The van der Waals surface area contributed by atoms with Crippen molar-refractivity contribution in [2.45, 2.75) is 25.9 Å². The van der Waals surface area contributed by atoms with E-state index in [4.69, 9.17) is 0 Å². The summed E-state index contributed by atoms with van der Waals surface area (Å²) in [5, 5.41) is 5.13. The van der Waals surface area contributed by atoms with Crippen LogP contribution in [0.5, 0.6) is 5.88 Å². The molecule has 10 heteroatoms. The van der Waals surface area contributed by atoms with Gasteiger partial charge in [0.05, 0.1) is 18.1 Å². The van der Waals surface area contributed by atoms with Crippen LogP contribution in [-0.4, -0.2) is 42.1 Å². The highest BCUT2D eigenvalue weighted by Gasteiger charge is 2.28. The highest BCUT2D eigenvalue weighted by molar-refractivity contribution is 5.76. The minimum atomic E-state index is -4.34. The van der Waals surface area contributed by atoms with E-state index in [9.17, 15) is 22.8 Å². The average molecular weight is 398 g/mol. The number of amides is 2. The Morgan fingerprint density at radius 3 is 2.57 bits per heavy atom. The maximum absolute atomic E-state index is 11.6. The number of nitrogens with one attached hydrogen (secondary N) is 2. The number of anilines is 1. The van der Waals surface area contributed by atoms with Gasteiger partial charge in [0.1, 0.15) is 0 Å². The molecule has 152 valence electrons. The number of halogens is 3. The van der Waals surface area contributed by atoms with Gasteiger partial charge in [-0.25, -0.2) is 4.98 Å². The molecule has 2 aromatic rings. The lowest BCUT2D eigenvalue weighted by molar-refractivity contribution is -0.154. The Kier molecular flexibility index (Phi) is 9.41. The first-order chi connectivity index (χ1) is 13.2. The first-order valence-electron chi connectivity index (χ1n) is 8.21. The van der Waals surface area contributed by atoms with Crippen molar-refractivity contribution in [3.05, 3.63) is 47.9 Å². The fourth-order valence-electron chi connectivity index (χ4n) is 1.88. The zero-order valence-electron chi connectivity index (χ0n) is 15.4. The maximum Gasteiger partial charge on any atom is 0.422 e. The van der Waals surface area contributed by atoms with Gasteiger partial charge >= 0.3 is 6.18 Å². The zero-order chi connectivity index (χ0) is 21.0. The molecule has 0 aliphatic heterocycles. The van der Waals surface area contributed by atoms with Crippen LogP contribution >= 0.6 is 0 Å². The Labute approximate surface area is 160 Å². The van der Waals surface area contributed by atoms with Gasteiger partial charge in [-0.15, -0.1) is 0 Å². The van der Waals surface area contributed by atoms with Gasteiger partial charge in [0, 0.05) is 19.2 Å². The number of ether oxygens (including phenoxy) is 1. The molecule has 2 amide bonds. The van der Waals surface area contributed by atoms with E-state index in [2.05, 4.69) is 25.3 Å². The molecule has 28 heavy (non-hydrogen) atoms. The minimum Gasteiger partial charge on any atom is -0.467 e. The maximum atomic E-state index is 11.6. The van der Waals surface area contributed by atoms with E-state index in [1.807, 2.05) is 18.2 Å². The molecule has 2 rings (SSSR count). The van der Waals surface area contributed by atoms with Crippen molar-refractivity contribution in [1.82, 2.24) is 15.3 Å². The number of hydrogen-bond donors (Lipinski definition) is 2. The first-order valence-corrected chi connectivity index (χ1v) is 8.21. The Morgan fingerprint density at radius 2 is 2.00 bits per heavy atom. The van der Waals surface area contributed by atoms with E-state index in [0.717, 1.165) is 17.4 Å². The van der Waals surface area contributed by atoms with Gasteiger partial charge in [-0.3, -0.25) is 14.6 Å². The van der Waals surface area contributed by atoms with E-state index in [1.165, 1.54) is 6.20 Å². The summed E-state index contributed by atoms with van der Waals surface area (Å²) in [5.74, 6) is -0.105. The molecule has 1 heterocycles. The molecule has 0 aliphatic rings. The van der Waals surface area contributed by atoms with Gasteiger partial charge in [0.2, 0.25) is 18.2 Å². The quantitative estimate of drug-likeness (QED) is 0.700. The number of carbonyl (C=O) groups is 2. The van der Waals surface area contributed by atoms with Crippen LogP contribution in [0.4, 0.5) is 18.9 Å². The van der Waals surface area contributed by atoms with E-state index in [-0.39, 0.29) is 11.8 Å². The van der Waals surface area contributed by atoms with Crippen LogP contribution in [-0.2, 0) is 16.0 Å². The summed E-state index contributed by atoms with van der Waals surface area (Å²) in [5.41, 5.74) is 2.41. The third kappa shape index (κ3) is 10.1. The summed E-state index contributed by atoms with van der Waals surface area (Å²) in [6, 6.07) is 7.44. The normalized spacial score (nSPS) is 10.3. The van der Waals surface area contributed by atoms with Crippen molar-refractivity contribution in [2.24, 2.45) is 0 Å². The molecule has 1 aromatic carbocycles. The molecule has 0 aliphatic carbocycles. The van der Waals surface area contributed by atoms with Gasteiger partial charge in [0.25, 0.3) is 0 Å². The topological polar surface area (TPSA) is 93.2 Å². The Bertz CT molecular complexity index is 752. The fourth-order valence-corrected chi connectivity index (χ4v) is 1.88. The summed E-state index contributed by atoms with van der Waals surface area (Å²) in [4.78, 5) is 28.6. The predicted octanol–water partition coefficient (Wildman–Crippen LogP) is 2.66. The van der Waals surface area contributed by atoms with E-state index in [0.29, 0.717) is 24.9 Å². The van der Waals surface area contributed by atoms with Crippen molar-refractivity contribution in [3.8, 4) is 5.88 Å². The lowest BCUT2D eigenvalue weighted by Crippen LogP contribution is -2.19. The van der Waals surface area contributed by atoms with Crippen LogP contribution in [0.25, 0.3) is 0 Å². The third-order valence-electron chi connectivity index (χ3n) is 3.21. The lowest BCUT2D eigenvalue weighted by Gasteiger charge is -2.07. The largest absolute Gasteiger partial charge is 0.467 e. The molecule has 0 bridgehead atoms. The van der Waals surface area contributed by atoms with Crippen molar-refractivity contribution < 1.29 is 27.5 Å². The number of aromatic nitrogens is 2. The van der Waals surface area contributed by atoms with Crippen molar-refractivity contribution in [1.29, 1.82) is 0 Å². The van der Waals surface area contributed by atoms with Gasteiger partial charge < -0.3 is 15.4 Å². The Balaban J connectivity index is 0.000000283. The predicted molar refractivity (Wildman–Crippen MR) is 96.8 cm³/mol. The third-order valence-corrected chi connectivity index (χ3v) is 3.21. The molecule has 1 aromatic heterocycles. The van der Waals surface area contributed by atoms with Crippen LogP contribution < -0.4 is 15.4 Å². The number of carbonyl (C=O) groups excluding carboxylic acids is 2. The Hall–Kier alpha value is -3.17. The number of nitrogens with zero attached hydrogens (tertiary/aromatic N) is 2. The second-order valence-corrected chi connectivity index (χ2v) is 5.54. The molecular weight excluding hydrogens is 377 g/mol. The van der Waals surface area contributed by atoms with Gasteiger partial charge in [-0.2, -0.15) is 13.2 Å². The van der Waals surface area contributed by atoms with E-state index < -0.39 is 12.8 Å². The number of aryl methyl sites for hydroxylation is 2. The smallest absolute Gasteiger partial charge is 0.422 e. The standard InChI is InChI=1S/C11H14N2O2.C7H7F3N2O/c1-12-11(15)6-5-9-3-2-4-10(7-9)13-8-14;1-5-2-12-6(3-11-5)13-4-7(8,9)10/h2-4,7-8H,5-6H2,1H3,(H,12,15)(H,13,14);2-3H,4H2,1H3. The number of hydrogen-bond acceptors (Lipinski definition) is 5. The van der Waals surface area contributed by atoms with Crippen molar-refractivity contribution in [2.75, 3.05) is 19.0 Å². The van der Waals surface area contributed by atoms with Crippen LogP contribution in [0, 0.1) is 6.92 Å². The monoisotopic (exact) mass is 398 g/mol. The van der Waals surface area contributed by atoms with E-state index in [1.54, 1.807) is 20.0 Å². The molecule has 2 N–H and O–H groups in total. The first kappa shape index (κ1) is 22.9. The van der Waals surface area contributed by atoms with Gasteiger partial charge in [0.15, 0.2) is 6.61 Å². The highest BCUT2D eigenvalue weighted by Crippen LogP contribution is 2.16. The zero-order valence-corrected chi connectivity index (χ0v) is 15.4. The van der Waals surface area contributed by atoms with Crippen molar-refractivity contribution in [3.63, 3.8) is 0 Å². The molecule has 0 saturated heterocycles. The summed E-state index contributed by atoms with van der Waals surface area (Å²) in [7, 11) is 1.62. The lowest BCUT2D eigenvalue weighted by atomic mass is 10.1. The molecule has 0 radical (unpaired) electrons. The van der Waals surface area contributed by atoms with E-state index >= 15 is 0 Å². The Morgan fingerprint density at radius 1 is 1.25 bits per heavy atom. The molecule has 0 saturated carbocycles. The molecule has 0 unspecified atom stereocenters. The minimum absolute atomic E-state index is 0.0174. The van der Waals surface area contributed by atoms with Gasteiger partial charge in [-0.1, -0.05) is 12.1 Å². The van der Waals surface area contributed by atoms with Crippen LogP contribution in [0.2, 0.25) is 0 Å². The average Bonchev–Trinajstić information content (AvgIpc) is 2.66. The second kappa shape index (κ2) is 11.5. The number of benzene rings is 1. The summed E-state index contributed by atoms with van der Waals surface area (Å²) < 4.78 is 39.3. The molecule has 0 fully saturated rings. The van der Waals surface area contributed by atoms with Crippen LogP contribution in [0.15, 0.2) is 36.7 Å². The van der Waals surface area contributed by atoms with Crippen LogP contribution in [0.1, 0.15) is 17.7 Å². The summed E-state index contributed by atoms with van der Waals surface area (Å²) in [6.45, 7) is 0.339. The van der Waals surface area contributed by atoms with Crippen LogP contribution in [0.3, 0.4) is 0 Å². The molecule has 0 atom stereocenters. The molecule has 7 nitrogen and oxygen atoms in total. The fraction of sp³-hybridized carbons (Fsp3) is 0.333. The number of alkyl halides is 3. The van der Waals surface area contributed by atoms with Gasteiger partial charge in [-0.05, 0) is 31.0 Å². The molecule has 0 spiro atoms. The summed E-state index contributed by atoms with van der Waals surface area (Å²) in [6.07, 6.45) is -0.0771. The second-order valence-electron chi connectivity index (χ2n) is 5.54.